The molecular weight excluding hydrogens is 242 g/mol. The van der Waals surface area contributed by atoms with E-state index in [1.807, 2.05) is 51.1 Å². The molecule has 0 saturated heterocycles. The van der Waals surface area contributed by atoms with Crippen LogP contribution < -0.4 is 0 Å². The van der Waals surface area contributed by atoms with Crippen molar-refractivity contribution in [3.05, 3.63) is 35.9 Å². The molecule has 1 aliphatic rings. The van der Waals surface area contributed by atoms with E-state index in [2.05, 4.69) is 4.99 Å². The minimum Gasteiger partial charge on any atom is -0.471 e. The van der Waals surface area contributed by atoms with Crippen molar-refractivity contribution in [1.82, 2.24) is 0 Å². The fourth-order valence-electron chi connectivity index (χ4n) is 2.47. The molecule has 1 aromatic rings. The molecule has 102 valence electrons. The molecule has 0 spiro atoms. The summed E-state index contributed by atoms with van der Waals surface area (Å²) in [5.41, 5.74) is -0.0827. The molecule has 0 N–H and O–H groups in total. The maximum atomic E-state index is 12.2. The van der Waals surface area contributed by atoms with Gasteiger partial charge in [-0.15, -0.1) is 0 Å². The highest BCUT2D eigenvalue weighted by Gasteiger charge is 2.53. The maximum Gasteiger partial charge on any atom is 0.338 e. The summed E-state index contributed by atoms with van der Waals surface area (Å²) < 4.78 is 10.7. The zero-order valence-electron chi connectivity index (χ0n) is 11.7. The molecule has 2 atom stereocenters. The predicted molar refractivity (Wildman–Crippen MR) is 73.1 cm³/mol. The van der Waals surface area contributed by atoms with Gasteiger partial charge in [0.25, 0.3) is 0 Å². The van der Waals surface area contributed by atoms with Crippen molar-refractivity contribution >= 4 is 11.9 Å². The molecule has 1 aliphatic heterocycles. The third-order valence-corrected chi connectivity index (χ3v) is 3.61. The Morgan fingerprint density at radius 3 is 2.53 bits per heavy atom. The van der Waals surface area contributed by atoms with Crippen LogP contribution in [-0.4, -0.2) is 30.6 Å². The number of esters is 1. The second-order valence-corrected chi connectivity index (χ2v) is 5.01. The third-order valence-electron chi connectivity index (χ3n) is 3.61. The van der Waals surface area contributed by atoms with Gasteiger partial charge in [-0.3, -0.25) is 0 Å². The van der Waals surface area contributed by atoms with Gasteiger partial charge in [-0.2, -0.15) is 0 Å². The Hall–Kier alpha value is -1.84. The van der Waals surface area contributed by atoms with Crippen molar-refractivity contribution in [1.29, 1.82) is 0 Å². The Kier molecular flexibility index (Phi) is 3.60. The Balaban J connectivity index is 2.46. The van der Waals surface area contributed by atoms with Crippen molar-refractivity contribution < 1.29 is 14.3 Å². The molecule has 0 saturated carbocycles. The average Bonchev–Trinajstić information content (AvgIpc) is 2.78. The predicted octanol–water partition coefficient (Wildman–Crippen LogP) is 2.42. The van der Waals surface area contributed by atoms with Gasteiger partial charge in [-0.1, -0.05) is 32.0 Å². The highest BCUT2D eigenvalue weighted by atomic mass is 16.5. The number of ether oxygens (including phenoxy) is 2. The first kappa shape index (κ1) is 13.6. The summed E-state index contributed by atoms with van der Waals surface area (Å²) in [4.78, 5) is 16.7. The van der Waals surface area contributed by atoms with Gasteiger partial charge in [0.15, 0.2) is 5.54 Å². The summed E-state index contributed by atoms with van der Waals surface area (Å²) in [6, 6.07) is 9.59. The molecule has 0 radical (unpaired) electrons. The molecule has 1 aromatic carbocycles. The van der Waals surface area contributed by atoms with Crippen LogP contribution in [0.4, 0.5) is 0 Å². The van der Waals surface area contributed by atoms with Crippen molar-refractivity contribution in [3.63, 3.8) is 0 Å². The molecule has 4 heteroatoms. The van der Waals surface area contributed by atoms with Gasteiger partial charge in [0.2, 0.25) is 5.90 Å². The summed E-state index contributed by atoms with van der Waals surface area (Å²) in [6.07, 6.45) is -0.338. The lowest BCUT2D eigenvalue weighted by atomic mass is 9.83. The van der Waals surface area contributed by atoms with Gasteiger partial charge in [-0.05, 0) is 25.0 Å². The number of aliphatic imine (C=N–C) groups is 1. The second-order valence-electron chi connectivity index (χ2n) is 5.01. The smallest absolute Gasteiger partial charge is 0.338 e. The Bertz CT molecular complexity index is 495. The lowest BCUT2D eigenvalue weighted by Gasteiger charge is -2.29. The van der Waals surface area contributed by atoms with Crippen molar-refractivity contribution in [2.75, 3.05) is 7.11 Å². The largest absolute Gasteiger partial charge is 0.471 e. The van der Waals surface area contributed by atoms with Crippen LogP contribution in [0.1, 0.15) is 26.3 Å². The molecule has 4 nitrogen and oxygen atoms in total. The molecule has 19 heavy (non-hydrogen) atoms. The summed E-state index contributed by atoms with van der Waals surface area (Å²) in [6.45, 7) is 5.76. The molecular formula is C15H19NO3. The van der Waals surface area contributed by atoms with Gasteiger partial charge < -0.3 is 9.47 Å². The van der Waals surface area contributed by atoms with Crippen molar-refractivity contribution in [3.8, 4) is 0 Å². The van der Waals surface area contributed by atoms with Crippen LogP contribution in [0.2, 0.25) is 0 Å². The van der Waals surface area contributed by atoms with Gasteiger partial charge in [0, 0.05) is 5.56 Å². The summed E-state index contributed by atoms with van der Waals surface area (Å²) >= 11 is 0. The fourth-order valence-corrected chi connectivity index (χ4v) is 2.47. The van der Waals surface area contributed by atoms with Crippen LogP contribution in [-0.2, 0) is 14.3 Å². The molecule has 2 unspecified atom stereocenters. The molecule has 2 rings (SSSR count). The Morgan fingerprint density at radius 1 is 1.37 bits per heavy atom. The zero-order chi connectivity index (χ0) is 14.0. The van der Waals surface area contributed by atoms with Crippen molar-refractivity contribution in [2.45, 2.75) is 32.4 Å². The first-order chi connectivity index (χ1) is 9.02. The van der Waals surface area contributed by atoms with E-state index >= 15 is 0 Å². The summed E-state index contributed by atoms with van der Waals surface area (Å²) in [5.74, 6) is 0.157. The van der Waals surface area contributed by atoms with E-state index in [-0.39, 0.29) is 18.0 Å². The van der Waals surface area contributed by atoms with E-state index in [9.17, 15) is 4.79 Å². The lowest BCUT2D eigenvalue weighted by Crippen LogP contribution is -2.49. The highest BCUT2D eigenvalue weighted by molar-refractivity contribution is 5.99. The standard InChI is InChI=1S/C15H19NO3/c1-10(2)15(14(17)18-4)11(3)19-13(16-15)12-8-6-5-7-9-12/h5-11H,1-4H3. The number of benzene rings is 1. The lowest BCUT2D eigenvalue weighted by molar-refractivity contribution is -0.151. The molecule has 0 fully saturated rings. The number of rotatable bonds is 3. The number of carbonyl (C=O) groups is 1. The minimum atomic E-state index is -0.958. The highest BCUT2D eigenvalue weighted by Crippen LogP contribution is 2.35. The van der Waals surface area contributed by atoms with E-state index in [0.29, 0.717) is 5.90 Å². The van der Waals surface area contributed by atoms with Crippen LogP contribution in [0.25, 0.3) is 0 Å². The van der Waals surface area contributed by atoms with Crippen LogP contribution in [0, 0.1) is 5.92 Å². The molecule has 0 amide bonds. The number of methoxy groups -OCH3 is 1. The van der Waals surface area contributed by atoms with Crippen LogP contribution >= 0.6 is 0 Å². The Labute approximate surface area is 113 Å². The number of carbonyl (C=O) groups excluding carboxylic acids is 1. The second kappa shape index (κ2) is 5.03. The number of hydrogen-bond acceptors (Lipinski definition) is 4. The molecule has 0 aromatic heterocycles. The number of hydrogen-bond donors (Lipinski definition) is 0. The fraction of sp³-hybridized carbons (Fsp3) is 0.467. The quantitative estimate of drug-likeness (QED) is 0.785. The third kappa shape index (κ3) is 2.11. The first-order valence-electron chi connectivity index (χ1n) is 6.42. The maximum absolute atomic E-state index is 12.2. The average molecular weight is 261 g/mol. The SMILES string of the molecule is COC(=O)C1(C(C)C)N=C(c2ccccc2)OC1C. The van der Waals surface area contributed by atoms with E-state index in [1.54, 1.807) is 0 Å². The molecule has 0 aliphatic carbocycles. The monoisotopic (exact) mass is 261 g/mol. The van der Waals surface area contributed by atoms with E-state index in [4.69, 9.17) is 9.47 Å². The van der Waals surface area contributed by atoms with Gasteiger partial charge >= 0.3 is 5.97 Å². The molecule has 1 heterocycles. The topological polar surface area (TPSA) is 47.9 Å². The zero-order valence-corrected chi connectivity index (χ0v) is 11.7. The number of nitrogens with zero attached hydrogens (tertiary/aromatic N) is 1. The van der Waals surface area contributed by atoms with Gasteiger partial charge in [0.1, 0.15) is 6.10 Å². The van der Waals surface area contributed by atoms with Crippen molar-refractivity contribution in [2.24, 2.45) is 10.9 Å². The van der Waals surface area contributed by atoms with Crippen LogP contribution in [0.5, 0.6) is 0 Å². The van der Waals surface area contributed by atoms with Gasteiger partial charge in [0.05, 0.1) is 7.11 Å². The minimum absolute atomic E-state index is 0.00355. The van der Waals surface area contributed by atoms with Gasteiger partial charge in [-0.25, -0.2) is 9.79 Å². The molecule has 0 bridgehead atoms. The van der Waals surface area contributed by atoms with Crippen LogP contribution in [0.15, 0.2) is 35.3 Å². The van der Waals surface area contributed by atoms with E-state index < -0.39 is 5.54 Å². The van der Waals surface area contributed by atoms with E-state index in [0.717, 1.165) is 5.56 Å². The summed E-state index contributed by atoms with van der Waals surface area (Å²) in [7, 11) is 1.38. The summed E-state index contributed by atoms with van der Waals surface area (Å²) in [5, 5.41) is 0. The Morgan fingerprint density at radius 2 is 2.00 bits per heavy atom. The van der Waals surface area contributed by atoms with Crippen LogP contribution in [0.3, 0.4) is 0 Å². The normalized spacial score (nSPS) is 25.9. The van der Waals surface area contributed by atoms with E-state index in [1.165, 1.54) is 7.11 Å². The first-order valence-corrected chi connectivity index (χ1v) is 6.42.